The van der Waals surface area contributed by atoms with Crippen molar-refractivity contribution in [3.8, 4) is 0 Å². The summed E-state index contributed by atoms with van der Waals surface area (Å²) >= 11 is 2.12. The van der Waals surface area contributed by atoms with Gasteiger partial charge >= 0.3 is 0 Å². The highest BCUT2D eigenvalue weighted by Crippen LogP contribution is 2.30. The molecule has 4 heteroatoms. The fourth-order valence-corrected chi connectivity index (χ4v) is 4.60. The monoisotopic (exact) mass is 289 g/mol. The zero-order valence-electron chi connectivity index (χ0n) is 12.3. The molecule has 1 aliphatic rings. The van der Waals surface area contributed by atoms with Gasteiger partial charge in [-0.15, -0.1) is 0 Å². The number of nitrogens with one attached hydrogen (secondary N) is 1. The number of thioether (sulfide) groups is 1. The number of aromatic nitrogens is 2. The molecule has 1 saturated heterocycles. The van der Waals surface area contributed by atoms with Crippen LogP contribution in [0.5, 0.6) is 0 Å². The lowest BCUT2D eigenvalue weighted by Crippen LogP contribution is -2.37. The summed E-state index contributed by atoms with van der Waals surface area (Å²) in [6.07, 6.45) is 3.72. The number of hydrogen-bond acceptors (Lipinski definition) is 3. The first-order valence-electron chi connectivity index (χ1n) is 7.56. The lowest BCUT2D eigenvalue weighted by molar-refractivity contribution is 0.503. The van der Waals surface area contributed by atoms with Gasteiger partial charge in [0.25, 0.3) is 0 Å². The van der Waals surface area contributed by atoms with Crippen molar-refractivity contribution in [2.75, 3.05) is 12.8 Å². The molecule has 0 radical (unpaired) electrons. The van der Waals surface area contributed by atoms with Gasteiger partial charge in [-0.1, -0.05) is 12.1 Å². The number of para-hydroxylation sites is 2. The van der Waals surface area contributed by atoms with E-state index in [1.165, 1.54) is 29.9 Å². The second-order valence-electron chi connectivity index (χ2n) is 5.41. The van der Waals surface area contributed by atoms with E-state index in [0.29, 0.717) is 6.04 Å². The van der Waals surface area contributed by atoms with Gasteiger partial charge in [-0.05, 0) is 44.7 Å². The van der Waals surface area contributed by atoms with Crippen molar-refractivity contribution >= 4 is 22.8 Å². The topological polar surface area (TPSA) is 29.9 Å². The summed E-state index contributed by atoms with van der Waals surface area (Å²) in [5.41, 5.74) is 2.39. The molecule has 2 unspecified atom stereocenters. The number of benzene rings is 1. The number of aryl methyl sites for hydroxylation is 1. The molecule has 2 aromatic rings. The van der Waals surface area contributed by atoms with Crippen LogP contribution in [0.25, 0.3) is 11.0 Å². The Morgan fingerprint density at radius 1 is 1.45 bits per heavy atom. The maximum absolute atomic E-state index is 4.86. The zero-order valence-corrected chi connectivity index (χ0v) is 13.1. The quantitative estimate of drug-likeness (QED) is 0.917. The van der Waals surface area contributed by atoms with Gasteiger partial charge in [0.05, 0.1) is 11.0 Å². The molecule has 0 bridgehead atoms. The SMILES string of the molecule is CCn1c(CC(NC)C2CCCS2)nc2ccccc21. The van der Waals surface area contributed by atoms with Gasteiger partial charge in [-0.25, -0.2) is 4.98 Å². The molecular formula is C16H23N3S. The Balaban J connectivity index is 1.88. The normalized spacial score (nSPS) is 20.6. The van der Waals surface area contributed by atoms with E-state index in [-0.39, 0.29) is 0 Å². The molecule has 3 rings (SSSR count). The van der Waals surface area contributed by atoms with Gasteiger partial charge in [0.15, 0.2) is 0 Å². The van der Waals surface area contributed by atoms with Crippen molar-refractivity contribution in [1.29, 1.82) is 0 Å². The van der Waals surface area contributed by atoms with Crippen molar-refractivity contribution < 1.29 is 0 Å². The van der Waals surface area contributed by atoms with Crippen LogP contribution in [-0.2, 0) is 13.0 Å². The largest absolute Gasteiger partial charge is 0.328 e. The molecule has 2 atom stereocenters. The lowest BCUT2D eigenvalue weighted by atomic mass is 10.1. The van der Waals surface area contributed by atoms with E-state index in [1.54, 1.807) is 0 Å². The van der Waals surface area contributed by atoms with Crippen molar-refractivity contribution in [3.05, 3.63) is 30.1 Å². The van der Waals surface area contributed by atoms with Crippen LogP contribution in [0, 0.1) is 0 Å². The molecule has 0 aliphatic carbocycles. The fraction of sp³-hybridized carbons (Fsp3) is 0.562. The van der Waals surface area contributed by atoms with Crippen LogP contribution >= 0.6 is 11.8 Å². The van der Waals surface area contributed by atoms with Crippen molar-refractivity contribution in [3.63, 3.8) is 0 Å². The van der Waals surface area contributed by atoms with Crippen LogP contribution in [-0.4, -0.2) is 33.6 Å². The van der Waals surface area contributed by atoms with Crippen LogP contribution < -0.4 is 5.32 Å². The van der Waals surface area contributed by atoms with E-state index < -0.39 is 0 Å². The maximum atomic E-state index is 4.86. The van der Waals surface area contributed by atoms with E-state index in [1.807, 2.05) is 0 Å². The minimum Gasteiger partial charge on any atom is -0.328 e. The first kappa shape index (κ1) is 14.0. The summed E-state index contributed by atoms with van der Waals surface area (Å²) in [5, 5.41) is 4.25. The fourth-order valence-electron chi connectivity index (χ4n) is 3.17. The third kappa shape index (κ3) is 2.59. The molecule has 1 N–H and O–H groups in total. The molecule has 1 fully saturated rings. The van der Waals surface area contributed by atoms with Gasteiger partial charge < -0.3 is 9.88 Å². The molecule has 0 saturated carbocycles. The third-order valence-electron chi connectivity index (χ3n) is 4.24. The third-order valence-corrected chi connectivity index (χ3v) is 5.75. The second-order valence-corrected chi connectivity index (χ2v) is 6.76. The van der Waals surface area contributed by atoms with E-state index in [4.69, 9.17) is 4.98 Å². The number of hydrogen-bond donors (Lipinski definition) is 1. The number of nitrogens with zero attached hydrogens (tertiary/aromatic N) is 2. The summed E-state index contributed by atoms with van der Waals surface area (Å²) in [6, 6.07) is 8.99. The highest BCUT2D eigenvalue weighted by Gasteiger charge is 2.26. The summed E-state index contributed by atoms with van der Waals surface area (Å²) in [6.45, 7) is 3.19. The molecule has 3 nitrogen and oxygen atoms in total. The minimum atomic E-state index is 0.532. The Morgan fingerprint density at radius 3 is 3.00 bits per heavy atom. The zero-order chi connectivity index (χ0) is 13.9. The predicted octanol–water partition coefficient (Wildman–Crippen LogP) is 3.08. The van der Waals surface area contributed by atoms with Crippen LogP contribution in [0.3, 0.4) is 0 Å². The first-order valence-corrected chi connectivity index (χ1v) is 8.61. The molecule has 108 valence electrons. The molecule has 1 aromatic carbocycles. The van der Waals surface area contributed by atoms with Gasteiger partial charge in [0.2, 0.25) is 0 Å². The molecule has 0 spiro atoms. The Kier molecular flexibility index (Phi) is 4.32. The molecule has 20 heavy (non-hydrogen) atoms. The average molecular weight is 289 g/mol. The Hall–Kier alpha value is -1.00. The second kappa shape index (κ2) is 6.19. The minimum absolute atomic E-state index is 0.532. The Morgan fingerprint density at radius 2 is 2.30 bits per heavy atom. The van der Waals surface area contributed by atoms with Gasteiger partial charge in [0.1, 0.15) is 5.82 Å². The van der Waals surface area contributed by atoms with Crippen molar-refractivity contribution in [2.45, 2.75) is 44.0 Å². The number of fused-ring (bicyclic) bond motifs is 1. The summed E-state index contributed by atoms with van der Waals surface area (Å²) in [5.74, 6) is 2.54. The van der Waals surface area contributed by atoms with Gasteiger partial charge in [-0.2, -0.15) is 11.8 Å². The van der Waals surface area contributed by atoms with Gasteiger partial charge in [-0.3, -0.25) is 0 Å². The van der Waals surface area contributed by atoms with E-state index in [9.17, 15) is 0 Å². The van der Waals surface area contributed by atoms with E-state index in [2.05, 4.69) is 59.9 Å². The van der Waals surface area contributed by atoms with Crippen molar-refractivity contribution in [1.82, 2.24) is 14.9 Å². The number of imidazole rings is 1. The molecular weight excluding hydrogens is 266 g/mol. The maximum Gasteiger partial charge on any atom is 0.111 e. The summed E-state index contributed by atoms with van der Waals surface area (Å²) in [7, 11) is 2.09. The molecule has 1 aromatic heterocycles. The van der Waals surface area contributed by atoms with Crippen LogP contribution in [0.4, 0.5) is 0 Å². The van der Waals surface area contributed by atoms with Gasteiger partial charge in [0, 0.05) is 24.3 Å². The highest BCUT2D eigenvalue weighted by atomic mass is 32.2. The summed E-state index contributed by atoms with van der Waals surface area (Å²) < 4.78 is 2.36. The molecule has 2 heterocycles. The highest BCUT2D eigenvalue weighted by molar-refractivity contribution is 8.00. The number of likely N-dealkylation sites (N-methyl/N-ethyl adjacent to an activating group) is 1. The molecule has 1 aliphatic heterocycles. The van der Waals surface area contributed by atoms with Crippen LogP contribution in [0.1, 0.15) is 25.6 Å². The molecule has 0 amide bonds. The van der Waals surface area contributed by atoms with E-state index in [0.717, 1.165) is 23.7 Å². The predicted molar refractivity (Wildman–Crippen MR) is 87.4 cm³/mol. The summed E-state index contributed by atoms with van der Waals surface area (Å²) in [4.78, 5) is 4.86. The van der Waals surface area contributed by atoms with Crippen molar-refractivity contribution in [2.24, 2.45) is 0 Å². The Labute approximate surface area is 125 Å². The average Bonchev–Trinajstić information content (AvgIpc) is 3.11. The smallest absolute Gasteiger partial charge is 0.111 e. The Bertz CT molecular complexity index is 572. The standard InChI is InChI=1S/C16H23N3S/c1-3-19-14-8-5-4-7-12(14)18-16(19)11-13(17-2)15-9-6-10-20-15/h4-5,7-8,13,15,17H,3,6,9-11H2,1-2H3. The number of rotatable bonds is 5. The van der Waals surface area contributed by atoms with E-state index >= 15 is 0 Å². The lowest BCUT2D eigenvalue weighted by Gasteiger charge is -2.22. The van der Waals surface area contributed by atoms with Crippen LogP contribution in [0.2, 0.25) is 0 Å². The van der Waals surface area contributed by atoms with Crippen LogP contribution in [0.15, 0.2) is 24.3 Å². The first-order chi connectivity index (χ1) is 9.83.